The standard InChI is InChI=1S/C11H12Cl2N2/c1-2-3-4-11-14-9-5-7(12)8(13)6-10(9)15-11/h5-6H,2-4H2,1H3,(H,14,15). The summed E-state index contributed by atoms with van der Waals surface area (Å²) in [7, 11) is 0. The number of hydrogen-bond acceptors (Lipinski definition) is 1. The Bertz CT molecular complexity index is 438. The van der Waals surface area contributed by atoms with Gasteiger partial charge in [-0.05, 0) is 18.6 Å². The van der Waals surface area contributed by atoms with E-state index in [9.17, 15) is 0 Å². The van der Waals surface area contributed by atoms with E-state index in [0.717, 1.165) is 29.7 Å². The Labute approximate surface area is 98.6 Å². The van der Waals surface area contributed by atoms with Crippen molar-refractivity contribution in [1.82, 2.24) is 9.97 Å². The Kier molecular flexibility index (Phi) is 3.17. The largest absolute Gasteiger partial charge is 0.342 e. The van der Waals surface area contributed by atoms with Crippen LogP contribution in [0.25, 0.3) is 11.0 Å². The molecule has 2 nitrogen and oxygen atoms in total. The maximum absolute atomic E-state index is 5.92. The minimum atomic E-state index is 0.553. The first kappa shape index (κ1) is 10.8. The molecule has 15 heavy (non-hydrogen) atoms. The molecule has 0 aliphatic heterocycles. The molecule has 2 rings (SSSR count). The van der Waals surface area contributed by atoms with Gasteiger partial charge in [-0.1, -0.05) is 36.5 Å². The number of halogens is 2. The van der Waals surface area contributed by atoms with E-state index >= 15 is 0 Å². The average molecular weight is 243 g/mol. The number of unbranched alkanes of at least 4 members (excludes halogenated alkanes) is 1. The number of fused-ring (bicyclic) bond motifs is 1. The molecule has 0 saturated carbocycles. The second-order valence-corrected chi connectivity index (χ2v) is 4.38. The fourth-order valence-corrected chi connectivity index (χ4v) is 1.84. The first-order valence-electron chi connectivity index (χ1n) is 5.04. The van der Waals surface area contributed by atoms with Crippen molar-refractivity contribution in [2.24, 2.45) is 0 Å². The highest BCUT2D eigenvalue weighted by Crippen LogP contribution is 2.26. The van der Waals surface area contributed by atoms with Crippen LogP contribution in [0.15, 0.2) is 12.1 Å². The molecule has 0 bridgehead atoms. The molecule has 0 aliphatic rings. The van der Waals surface area contributed by atoms with Crippen LogP contribution in [0.4, 0.5) is 0 Å². The molecule has 1 N–H and O–H groups in total. The molecule has 0 amide bonds. The number of aromatic nitrogens is 2. The molecular formula is C11H12Cl2N2. The Morgan fingerprint density at radius 3 is 2.73 bits per heavy atom. The number of H-pyrrole nitrogens is 1. The Morgan fingerprint density at radius 2 is 2.00 bits per heavy atom. The van der Waals surface area contributed by atoms with E-state index in [4.69, 9.17) is 23.2 Å². The molecule has 0 spiro atoms. The molecule has 4 heteroatoms. The Hall–Kier alpha value is -0.730. The normalized spacial score (nSPS) is 11.1. The summed E-state index contributed by atoms with van der Waals surface area (Å²) in [5.41, 5.74) is 1.84. The molecule has 0 atom stereocenters. The average Bonchev–Trinajstić information content (AvgIpc) is 2.58. The van der Waals surface area contributed by atoms with Gasteiger partial charge in [-0.15, -0.1) is 0 Å². The smallest absolute Gasteiger partial charge is 0.107 e. The van der Waals surface area contributed by atoms with Gasteiger partial charge in [0.25, 0.3) is 0 Å². The van der Waals surface area contributed by atoms with Crippen LogP contribution in [0, 0.1) is 0 Å². The number of imidazole rings is 1. The second-order valence-electron chi connectivity index (χ2n) is 3.57. The van der Waals surface area contributed by atoms with Crippen molar-refractivity contribution >= 4 is 34.2 Å². The zero-order chi connectivity index (χ0) is 10.8. The van der Waals surface area contributed by atoms with Crippen molar-refractivity contribution in [1.29, 1.82) is 0 Å². The van der Waals surface area contributed by atoms with Gasteiger partial charge in [-0.3, -0.25) is 0 Å². The van der Waals surface area contributed by atoms with Crippen LogP contribution in [0.2, 0.25) is 10.0 Å². The second kappa shape index (κ2) is 4.42. The van der Waals surface area contributed by atoms with E-state index in [2.05, 4.69) is 16.9 Å². The summed E-state index contributed by atoms with van der Waals surface area (Å²) < 4.78 is 0. The summed E-state index contributed by atoms with van der Waals surface area (Å²) in [6.07, 6.45) is 3.28. The van der Waals surface area contributed by atoms with Gasteiger partial charge in [-0.2, -0.15) is 0 Å². The van der Waals surface area contributed by atoms with Gasteiger partial charge in [0.2, 0.25) is 0 Å². The van der Waals surface area contributed by atoms with Crippen LogP contribution < -0.4 is 0 Å². The number of nitrogens with one attached hydrogen (secondary N) is 1. The van der Waals surface area contributed by atoms with Gasteiger partial charge in [0.1, 0.15) is 5.82 Å². The lowest BCUT2D eigenvalue weighted by Gasteiger charge is -1.93. The fraction of sp³-hybridized carbons (Fsp3) is 0.364. The maximum Gasteiger partial charge on any atom is 0.107 e. The maximum atomic E-state index is 5.92. The summed E-state index contributed by atoms with van der Waals surface area (Å²) in [5.74, 6) is 1.00. The van der Waals surface area contributed by atoms with E-state index in [0.29, 0.717) is 10.0 Å². The van der Waals surface area contributed by atoms with Gasteiger partial charge < -0.3 is 4.98 Å². The molecule has 0 radical (unpaired) electrons. The molecule has 1 aromatic heterocycles. The minimum Gasteiger partial charge on any atom is -0.342 e. The van der Waals surface area contributed by atoms with Crippen molar-refractivity contribution in [2.75, 3.05) is 0 Å². The van der Waals surface area contributed by atoms with Crippen LogP contribution in [-0.4, -0.2) is 9.97 Å². The summed E-state index contributed by atoms with van der Waals surface area (Å²) >= 11 is 11.8. The highest BCUT2D eigenvalue weighted by atomic mass is 35.5. The zero-order valence-electron chi connectivity index (χ0n) is 8.48. The number of aryl methyl sites for hydroxylation is 1. The van der Waals surface area contributed by atoms with Crippen molar-refractivity contribution in [3.8, 4) is 0 Å². The molecule has 0 aliphatic carbocycles. The molecule has 80 valence electrons. The summed E-state index contributed by atoms with van der Waals surface area (Å²) in [6.45, 7) is 2.16. The first-order chi connectivity index (χ1) is 7.20. The van der Waals surface area contributed by atoms with Crippen LogP contribution in [0.5, 0.6) is 0 Å². The topological polar surface area (TPSA) is 28.7 Å². The molecular weight excluding hydrogens is 231 g/mol. The lowest BCUT2D eigenvalue weighted by molar-refractivity contribution is 0.765. The van der Waals surface area contributed by atoms with Gasteiger partial charge >= 0.3 is 0 Å². The fourth-order valence-electron chi connectivity index (χ4n) is 1.52. The number of nitrogens with zero attached hydrogens (tertiary/aromatic N) is 1. The molecule has 0 fully saturated rings. The minimum absolute atomic E-state index is 0.553. The number of rotatable bonds is 3. The van der Waals surface area contributed by atoms with Crippen molar-refractivity contribution in [2.45, 2.75) is 26.2 Å². The predicted molar refractivity (Wildman–Crippen MR) is 64.7 cm³/mol. The lowest BCUT2D eigenvalue weighted by atomic mass is 10.2. The number of aromatic amines is 1. The highest BCUT2D eigenvalue weighted by molar-refractivity contribution is 6.42. The molecule has 2 aromatic rings. The van der Waals surface area contributed by atoms with Crippen LogP contribution in [0.1, 0.15) is 25.6 Å². The van der Waals surface area contributed by atoms with Crippen molar-refractivity contribution in [3.63, 3.8) is 0 Å². The predicted octanol–water partition coefficient (Wildman–Crippen LogP) is 4.21. The van der Waals surface area contributed by atoms with E-state index < -0.39 is 0 Å². The first-order valence-corrected chi connectivity index (χ1v) is 5.80. The van der Waals surface area contributed by atoms with E-state index in [1.54, 1.807) is 6.07 Å². The van der Waals surface area contributed by atoms with Crippen molar-refractivity contribution in [3.05, 3.63) is 28.0 Å². The number of benzene rings is 1. The summed E-state index contributed by atoms with van der Waals surface area (Å²) in [6, 6.07) is 3.62. The third-order valence-corrected chi connectivity index (χ3v) is 3.06. The van der Waals surface area contributed by atoms with Gasteiger partial charge in [0.15, 0.2) is 0 Å². The third kappa shape index (κ3) is 2.27. The lowest BCUT2D eigenvalue weighted by Crippen LogP contribution is -1.86. The monoisotopic (exact) mass is 242 g/mol. The van der Waals surface area contributed by atoms with E-state index in [1.165, 1.54) is 6.42 Å². The van der Waals surface area contributed by atoms with Gasteiger partial charge in [-0.25, -0.2) is 4.98 Å². The van der Waals surface area contributed by atoms with Gasteiger partial charge in [0, 0.05) is 6.42 Å². The van der Waals surface area contributed by atoms with Crippen LogP contribution in [-0.2, 0) is 6.42 Å². The highest BCUT2D eigenvalue weighted by Gasteiger charge is 2.05. The van der Waals surface area contributed by atoms with E-state index in [1.807, 2.05) is 6.07 Å². The Morgan fingerprint density at radius 1 is 1.27 bits per heavy atom. The summed E-state index contributed by atoms with van der Waals surface area (Å²) in [4.78, 5) is 7.70. The van der Waals surface area contributed by atoms with Crippen molar-refractivity contribution < 1.29 is 0 Å². The van der Waals surface area contributed by atoms with Crippen LogP contribution in [0.3, 0.4) is 0 Å². The molecule has 1 aromatic carbocycles. The Balaban J connectivity index is 2.38. The SMILES string of the molecule is CCCCc1nc2cc(Cl)c(Cl)cc2[nH]1. The summed E-state index contributed by atoms with van der Waals surface area (Å²) in [5, 5.41) is 1.12. The van der Waals surface area contributed by atoms with Crippen LogP contribution >= 0.6 is 23.2 Å². The number of hydrogen-bond donors (Lipinski definition) is 1. The quantitative estimate of drug-likeness (QED) is 0.859. The molecule has 0 unspecified atom stereocenters. The molecule has 0 saturated heterocycles. The zero-order valence-corrected chi connectivity index (χ0v) is 9.99. The molecule has 1 heterocycles. The van der Waals surface area contributed by atoms with E-state index in [-0.39, 0.29) is 0 Å². The van der Waals surface area contributed by atoms with Gasteiger partial charge in [0.05, 0.1) is 21.1 Å². The third-order valence-electron chi connectivity index (χ3n) is 2.34.